The number of pyridine rings is 1. The van der Waals surface area contributed by atoms with Gasteiger partial charge in [-0.1, -0.05) is 0 Å². The summed E-state index contributed by atoms with van der Waals surface area (Å²) in [7, 11) is 0. The molecule has 2 aromatic rings. The Morgan fingerprint density at radius 2 is 2.06 bits per heavy atom. The van der Waals surface area contributed by atoms with Crippen LogP contribution >= 0.6 is 0 Å². The molecule has 2 aliphatic rings. The lowest BCUT2D eigenvalue weighted by atomic mass is 9.64. The van der Waals surface area contributed by atoms with Crippen LogP contribution in [0.3, 0.4) is 0 Å². The summed E-state index contributed by atoms with van der Waals surface area (Å²) in [6, 6.07) is 5.03. The highest BCUT2D eigenvalue weighted by molar-refractivity contribution is 5.66. The van der Waals surface area contributed by atoms with Crippen LogP contribution in [0.1, 0.15) is 51.7 Å². The monoisotopic (exact) mass is 457 g/mol. The van der Waals surface area contributed by atoms with Crippen LogP contribution < -0.4 is 10.4 Å². The number of aliphatic hydroxyl groups is 1. The molecule has 1 aliphatic carbocycles. The molecule has 4 rings (SSSR count). The highest BCUT2D eigenvalue weighted by Crippen LogP contribution is 2.52. The van der Waals surface area contributed by atoms with Gasteiger partial charge in [-0.05, 0) is 44.2 Å². The van der Waals surface area contributed by atoms with Crippen LogP contribution in [-0.4, -0.2) is 40.3 Å². The summed E-state index contributed by atoms with van der Waals surface area (Å²) in [5, 5.41) is 11.3. The lowest BCUT2D eigenvalue weighted by Gasteiger charge is -2.52. The first kappa shape index (κ1) is 23.0. The Hall–Kier alpha value is -3.20. The fourth-order valence-electron chi connectivity index (χ4n) is 4.94. The Bertz CT molecular complexity index is 1100. The van der Waals surface area contributed by atoms with Crippen molar-refractivity contribution >= 4 is 11.9 Å². The van der Waals surface area contributed by atoms with Crippen molar-refractivity contribution in [2.45, 2.75) is 57.8 Å². The van der Waals surface area contributed by atoms with Gasteiger partial charge in [0.2, 0.25) is 0 Å². The van der Waals surface area contributed by atoms with Gasteiger partial charge in [0, 0.05) is 43.8 Å². The van der Waals surface area contributed by atoms with Crippen LogP contribution in [0.15, 0.2) is 39.8 Å². The van der Waals surface area contributed by atoms with E-state index in [1.807, 2.05) is 0 Å². The number of ether oxygens (including phenoxy) is 3. The maximum Gasteiger partial charge on any atom is 0.345 e. The minimum absolute atomic E-state index is 0.00622. The number of fused-ring (bicyclic) bond motifs is 2. The Balaban J connectivity index is 1.70. The number of esters is 2. The van der Waals surface area contributed by atoms with Crippen molar-refractivity contribution in [3.05, 3.63) is 46.6 Å². The molecule has 2 aromatic heterocycles. The predicted octanol–water partition coefficient (Wildman–Crippen LogP) is 2.80. The summed E-state index contributed by atoms with van der Waals surface area (Å²) in [4.78, 5) is 39.9. The summed E-state index contributed by atoms with van der Waals surface area (Å²) in [6.45, 7) is 4.68. The first-order chi connectivity index (χ1) is 15.7. The molecule has 0 radical (unpaired) electrons. The van der Waals surface area contributed by atoms with Gasteiger partial charge in [0.15, 0.2) is 0 Å². The predicted molar refractivity (Wildman–Crippen MR) is 115 cm³/mol. The Kier molecular flexibility index (Phi) is 6.25. The van der Waals surface area contributed by atoms with Crippen LogP contribution in [0.2, 0.25) is 0 Å². The Morgan fingerprint density at radius 1 is 1.27 bits per heavy atom. The van der Waals surface area contributed by atoms with Crippen molar-refractivity contribution in [2.75, 3.05) is 6.61 Å². The van der Waals surface area contributed by atoms with E-state index < -0.39 is 35.3 Å². The maximum absolute atomic E-state index is 12.9. The van der Waals surface area contributed by atoms with Gasteiger partial charge in [-0.15, -0.1) is 0 Å². The van der Waals surface area contributed by atoms with Crippen LogP contribution in [0.25, 0.3) is 11.3 Å². The van der Waals surface area contributed by atoms with Crippen molar-refractivity contribution in [3.8, 4) is 17.1 Å². The molecule has 33 heavy (non-hydrogen) atoms. The molecule has 0 saturated heterocycles. The highest BCUT2D eigenvalue weighted by Gasteiger charge is 2.57. The van der Waals surface area contributed by atoms with Crippen LogP contribution in [-0.2, 0) is 19.1 Å². The zero-order valence-electron chi connectivity index (χ0n) is 18.8. The second-order valence-corrected chi connectivity index (χ2v) is 8.82. The second kappa shape index (κ2) is 8.97. The number of hydrogen-bond donors (Lipinski definition) is 1. The summed E-state index contributed by atoms with van der Waals surface area (Å²) in [6.07, 6.45) is 2.85. The van der Waals surface area contributed by atoms with E-state index >= 15 is 0 Å². The topological polar surface area (TPSA) is 125 Å². The van der Waals surface area contributed by atoms with Crippen molar-refractivity contribution in [1.29, 1.82) is 0 Å². The molecule has 3 heterocycles. The number of carbonyl (C=O) groups excluding carboxylic acids is 2. The van der Waals surface area contributed by atoms with E-state index in [1.54, 1.807) is 37.5 Å². The van der Waals surface area contributed by atoms with Crippen LogP contribution in [0.5, 0.6) is 5.75 Å². The van der Waals surface area contributed by atoms with Gasteiger partial charge in [0.05, 0.1) is 12.7 Å². The average molecular weight is 457 g/mol. The maximum atomic E-state index is 12.9. The van der Waals surface area contributed by atoms with Crippen molar-refractivity contribution < 1.29 is 33.3 Å². The van der Waals surface area contributed by atoms with E-state index in [0.29, 0.717) is 24.8 Å². The van der Waals surface area contributed by atoms with E-state index in [2.05, 4.69) is 4.98 Å². The zero-order valence-corrected chi connectivity index (χ0v) is 18.8. The van der Waals surface area contributed by atoms with Gasteiger partial charge >= 0.3 is 17.6 Å². The average Bonchev–Trinajstić information content (AvgIpc) is 2.75. The molecular formula is C24H27NO8. The van der Waals surface area contributed by atoms with E-state index in [1.165, 1.54) is 13.8 Å². The summed E-state index contributed by atoms with van der Waals surface area (Å²) in [5.41, 5.74) is -1.11. The fourth-order valence-corrected chi connectivity index (χ4v) is 4.94. The van der Waals surface area contributed by atoms with E-state index in [-0.39, 0.29) is 35.6 Å². The molecule has 1 fully saturated rings. The van der Waals surface area contributed by atoms with Crippen molar-refractivity contribution in [1.82, 2.24) is 4.98 Å². The first-order valence-electron chi connectivity index (χ1n) is 10.9. The molecule has 0 bridgehead atoms. The smallest absolute Gasteiger partial charge is 0.345 e. The number of carbonyl (C=O) groups is 2. The summed E-state index contributed by atoms with van der Waals surface area (Å²) >= 11 is 0. The summed E-state index contributed by atoms with van der Waals surface area (Å²) < 4.78 is 22.5. The van der Waals surface area contributed by atoms with Crippen molar-refractivity contribution in [3.63, 3.8) is 0 Å². The largest absolute Gasteiger partial charge is 0.482 e. The molecule has 0 spiro atoms. The molecule has 0 amide bonds. The van der Waals surface area contributed by atoms with E-state index in [9.17, 15) is 19.5 Å². The number of nitrogens with zero attached hydrogens (tertiary/aromatic N) is 1. The molecule has 1 N–H and O–H groups in total. The number of hydrogen-bond acceptors (Lipinski definition) is 9. The second-order valence-electron chi connectivity index (χ2n) is 8.82. The Morgan fingerprint density at radius 3 is 2.73 bits per heavy atom. The standard InChI is InChI=1S/C24H27NO8/c1-13(26)30-8-6-15-9-17-22(28)21-19(33-24(17,3)20(10-15)31-14(2)27)11-18(32-23(21)29)16-5-4-7-25-12-16/h4-5,7,11-12,15,17,20,22,28H,6,8-10H2,1-3H3/t15-,17-,20-,22+,24-/m1/s1. The number of aliphatic hydroxyl groups excluding tert-OH is 1. The zero-order chi connectivity index (χ0) is 23.8. The minimum Gasteiger partial charge on any atom is -0.482 e. The highest BCUT2D eigenvalue weighted by atomic mass is 16.6. The molecule has 0 unspecified atom stereocenters. The molecule has 176 valence electrons. The van der Waals surface area contributed by atoms with Crippen LogP contribution in [0, 0.1) is 11.8 Å². The molecule has 9 nitrogen and oxygen atoms in total. The first-order valence-corrected chi connectivity index (χ1v) is 10.9. The summed E-state index contributed by atoms with van der Waals surface area (Å²) in [5.74, 6) is -0.907. The van der Waals surface area contributed by atoms with Gasteiger partial charge in [-0.2, -0.15) is 0 Å². The molecule has 1 aliphatic heterocycles. The third-order valence-corrected chi connectivity index (χ3v) is 6.55. The SMILES string of the molecule is CC(=O)OCC[C@@H]1C[C@@H]2[C@H](O)c3c(cc(-c4cccnc4)oc3=O)O[C@@]2(C)[C@H](OC(C)=O)C1. The number of rotatable bonds is 5. The minimum atomic E-state index is -1.17. The quantitative estimate of drug-likeness (QED) is 0.675. The number of aromatic nitrogens is 1. The molecular weight excluding hydrogens is 430 g/mol. The van der Waals surface area contributed by atoms with E-state index in [4.69, 9.17) is 18.6 Å². The normalized spacial score (nSPS) is 28.1. The third-order valence-electron chi connectivity index (χ3n) is 6.55. The fraction of sp³-hybridized carbons (Fsp3) is 0.500. The lowest BCUT2D eigenvalue weighted by molar-refractivity contribution is -0.192. The van der Waals surface area contributed by atoms with Gasteiger partial charge in [0.25, 0.3) is 0 Å². The van der Waals surface area contributed by atoms with Gasteiger partial charge in [-0.25, -0.2) is 4.79 Å². The van der Waals surface area contributed by atoms with Crippen LogP contribution in [0.4, 0.5) is 0 Å². The van der Waals surface area contributed by atoms with E-state index in [0.717, 1.165) is 0 Å². The van der Waals surface area contributed by atoms with Gasteiger partial charge in [-0.3, -0.25) is 14.6 Å². The molecule has 0 aromatic carbocycles. The Labute approximate surface area is 190 Å². The lowest BCUT2D eigenvalue weighted by Crippen LogP contribution is -2.60. The van der Waals surface area contributed by atoms with Gasteiger partial charge < -0.3 is 23.7 Å². The third kappa shape index (κ3) is 4.50. The molecule has 1 saturated carbocycles. The molecule has 5 atom stereocenters. The van der Waals surface area contributed by atoms with Gasteiger partial charge in [0.1, 0.15) is 28.8 Å². The van der Waals surface area contributed by atoms with Crippen molar-refractivity contribution in [2.24, 2.45) is 11.8 Å². The molecule has 9 heteroatoms.